The molecule has 1 amide bonds. The summed E-state index contributed by atoms with van der Waals surface area (Å²) in [6.45, 7) is 2.55. The first-order valence-corrected chi connectivity index (χ1v) is 13.5. The van der Waals surface area contributed by atoms with E-state index in [2.05, 4.69) is 4.90 Å². The van der Waals surface area contributed by atoms with Crippen LogP contribution < -0.4 is 0 Å². The molecule has 3 heterocycles. The molecule has 3 fully saturated rings. The summed E-state index contributed by atoms with van der Waals surface area (Å²) in [5.74, 6) is -0.953. The van der Waals surface area contributed by atoms with Crippen molar-refractivity contribution in [1.29, 1.82) is 0 Å². The number of benzene rings is 2. The number of Topliss-reactive ketones (excluding diaryl/α,β-unsaturated/α-hetero) is 1. The molecule has 1 unspecified atom stereocenters. The van der Waals surface area contributed by atoms with Crippen LogP contribution in [0.25, 0.3) is 0 Å². The van der Waals surface area contributed by atoms with Crippen LogP contribution >= 0.6 is 0 Å². The zero-order valence-electron chi connectivity index (χ0n) is 22.1. The Balaban J connectivity index is 1.45. The summed E-state index contributed by atoms with van der Waals surface area (Å²) in [7, 11) is 0. The number of alkyl halides is 6. The van der Waals surface area contributed by atoms with Gasteiger partial charge in [0.25, 0.3) is 0 Å². The highest BCUT2D eigenvalue weighted by atomic mass is 19.4. The van der Waals surface area contributed by atoms with E-state index in [4.69, 9.17) is 4.74 Å². The Morgan fingerprint density at radius 2 is 1.49 bits per heavy atom. The number of ether oxygens (including phenoxy) is 1. The molecule has 0 bridgehead atoms. The van der Waals surface area contributed by atoms with E-state index in [0.29, 0.717) is 50.0 Å². The summed E-state index contributed by atoms with van der Waals surface area (Å²) >= 11 is 0. The molecular formula is C29H29F7N2O3. The minimum atomic E-state index is -5.00. The largest absolute Gasteiger partial charge is 0.416 e. The Labute approximate surface area is 232 Å². The average Bonchev–Trinajstić information content (AvgIpc) is 3.26. The maximum absolute atomic E-state index is 13.8. The molecule has 41 heavy (non-hydrogen) atoms. The summed E-state index contributed by atoms with van der Waals surface area (Å²) in [4.78, 5) is 28.8. The molecule has 2 aromatic carbocycles. The molecule has 0 N–H and O–H groups in total. The Bertz CT molecular complexity index is 1250. The van der Waals surface area contributed by atoms with E-state index in [1.807, 2.05) is 0 Å². The zero-order chi connectivity index (χ0) is 29.7. The molecule has 0 aliphatic carbocycles. The van der Waals surface area contributed by atoms with Crippen LogP contribution in [-0.4, -0.2) is 59.3 Å². The van der Waals surface area contributed by atoms with Gasteiger partial charge in [-0.3, -0.25) is 14.5 Å². The van der Waals surface area contributed by atoms with E-state index in [0.717, 1.165) is 0 Å². The van der Waals surface area contributed by atoms with Crippen molar-refractivity contribution in [1.82, 2.24) is 9.80 Å². The lowest BCUT2D eigenvalue weighted by atomic mass is 9.83. The lowest BCUT2D eigenvalue weighted by Crippen LogP contribution is -2.53. The van der Waals surface area contributed by atoms with Crippen LogP contribution in [0.4, 0.5) is 30.7 Å². The molecule has 5 rings (SSSR count). The molecule has 222 valence electrons. The number of fused-ring (bicyclic) bond motifs is 1. The predicted octanol–water partition coefficient (Wildman–Crippen LogP) is 6.13. The Morgan fingerprint density at radius 1 is 0.902 bits per heavy atom. The zero-order valence-corrected chi connectivity index (χ0v) is 22.1. The number of piperidine rings is 2. The SMILES string of the molecule is C[C@@H](O[C@H]1CN2C(=O)CC(N3CCC(=O)CC3)C[C@H]2[C@@H]1c1ccc(F)cc1)c1cc(C(F)(F)F)cc(C(F)(F)F)c1. The van der Waals surface area contributed by atoms with Gasteiger partial charge in [0.1, 0.15) is 11.6 Å². The van der Waals surface area contributed by atoms with Crippen molar-refractivity contribution in [2.45, 2.75) is 75.2 Å². The molecule has 0 radical (unpaired) electrons. The third-order valence-electron chi connectivity index (χ3n) is 8.42. The first-order chi connectivity index (χ1) is 19.2. The van der Waals surface area contributed by atoms with Gasteiger partial charge in [0.05, 0.1) is 23.3 Å². The minimum absolute atomic E-state index is 0.0698. The van der Waals surface area contributed by atoms with Gasteiger partial charge in [-0.2, -0.15) is 26.3 Å². The molecule has 0 aromatic heterocycles. The van der Waals surface area contributed by atoms with Crippen molar-refractivity contribution in [3.63, 3.8) is 0 Å². The fraction of sp³-hybridized carbons (Fsp3) is 0.517. The quantitative estimate of drug-likeness (QED) is 0.396. The van der Waals surface area contributed by atoms with Crippen molar-refractivity contribution in [3.8, 4) is 0 Å². The number of carbonyl (C=O) groups excluding carboxylic acids is 2. The van der Waals surface area contributed by atoms with E-state index in [-0.39, 0.29) is 48.4 Å². The van der Waals surface area contributed by atoms with Gasteiger partial charge >= 0.3 is 12.4 Å². The summed E-state index contributed by atoms with van der Waals surface area (Å²) < 4.78 is 101. The molecule has 12 heteroatoms. The van der Waals surface area contributed by atoms with Gasteiger partial charge in [-0.05, 0) is 54.8 Å². The fourth-order valence-electron chi connectivity index (χ4n) is 6.35. The maximum atomic E-state index is 13.8. The molecule has 2 aromatic rings. The second-order valence-electron chi connectivity index (χ2n) is 11.0. The van der Waals surface area contributed by atoms with Crippen molar-refractivity contribution in [2.24, 2.45) is 0 Å². The van der Waals surface area contributed by atoms with Crippen LogP contribution in [0, 0.1) is 5.82 Å². The third kappa shape index (κ3) is 6.28. The standard InChI is InChI=1S/C29H29F7N2O3/c1-16(18-10-19(28(31,32)33)12-20(11-18)29(34,35)36)41-25-15-38-24(27(25)17-2-4-21(30)5-3-17)13-22(14-26(38)40)37-8-6-23(39)7-9-37/h2-5,10-12,16,22,24-25,27H,6-9,13-15H2,1H3/t16-,22?,24+,25+,27+/m1/s1. The number of hydrogen-bond donors (Lipinski definition) is 0. The predicted molar refractivity (Wildman–Crippen MR) is 133 cm³/mol. The summed E-state index contributed by atoms with van der Waals surface area (Å²) in [6.07, 6.45) is -10.4. The summed E-state index contributed by atoms with van der Waals surface area (Å²) in [6, 6.07) is 6.50. The first kappa shape index (κ1) is 29.5. The van der Waals surface area contributed by atoms with E-state index in [9.17, 15) is 40.3 Å². The second-order valence-corrected chi connectivity index (χ2v) is 11.0. The lowest BCUT2D eigenvalue weighted by Gasteiger charge is -2.42. The smallest absolute Gasteiger partial charge is 0.368 e. The molecule has 5 nitrogen and oxygen atoms in total. The molecule has 3 aliphatic heterocycles. The number of likely N-dealkylation sites (tertiary alicyclic amines) is 1. The van der Waals surface area contributed by atoms with Crippen molar-refractivity contribution < 1.29 is 45.1 Å². The van der Waals surface area contributed by atoms with Crippen LogP contribution in [-0.2, 0) is 26.7 Å². The highest BCUT2D eigenvalue weighted by Crippen LogP contribution is 2.44. The monoisotopic (exact) mass is 586 g/mol. The van der Waals surface area contributed by atoms with Crippen LogP contribution in [0.2, 0.25) is 0 Å². The van der Waals surface area contributed by atoms with Gasteiger partial charge < -0.3 is 9.64 Å². The van der Waals surface area contributed by atoms with Gasteiger partial charge in [0.2, 0.25) is 5.91 Å². The summed E-state index contributed by atoms with van der Waals surface area (Å²) in [5.41, 5.74) is -2.51. The topological polar surface area (TPSA) is 49.9 Å². The number of rotatable bonds is 5. The molecule has 0 spiro atoms. The molecule has 5 atom stereocenters. The Kier molecular flexibility index (Phi) is 7.92. The number of halogens is 7. The minimum Gasteiger partial charge on any atom is -0.368 e. The van der Waals surface area contributed by atoms with Gasteiger partial charge in [0, 0.05) is 56.9 Å². The normalized spacial score (nSPS) is 26.8. The van der Waals surface area contributed by atoms with E-state index in [1.165, 1.54) is 19.1 Å². The van der Waals surface area contributed by atoms with Crippen LogP contribution in [0.3, 0.4) is 0 Å². The number of hydrogen-bond acceptors (Lipinski definition) is 4. The number of amides is 1. The van der Waals surface area contributed by atoms with Crippen LogP contribution in [0.1, 0.15) is 66.9 Å². The van der Waals surface area contributed by atoms with Gasteiger partial charge in [-0.25, -0.2) is 4.39 Å². The number of carbonyl (C=O) groups is 2. The van der Waals surface area contributed by atoms with E-state index < -0.39 is 47.4 Å². The van der Waals surface area contributed by atoms with Crippen molar-refractivity contribution in [3.05, 3.63) is 70.5 Å². The maximum Gasteiger partial charge on any atom is 0.416 e. The Morgan fingerprint density at radius 3 is 2.05 bits per heavy atom. The number of ketones is 1. The van der Waals surface area contributed by atoms with Crippen molar-refractivity contribution >= 4 is 11.7 Å². The fourth-order valence-corrected chi connectivity index (χ4v) is 6.35. The number of nitrogens with zero attached hydrogens (tertiary/aromatic N) is 2. The van der Waals surface area contributed by atoms with Crippen LogP contribution in [0.15, 0.2) is 42.5 Å². The molecule has 3 aliphatic rings. The van der Waals surface area contributed by atoms with E-state index >= 15 is 0 Å². The van der Waals surface area contributed by atoms with Crippen molar-refractivity contribution in [2.75, 3.05) is 19.6 Å². The van der Waals surface area contributed by atoms with Gasteiger partial charge in [0.15, 0.2) is 0 Å². The average molecular weight is 587 g/mol. The lowest BCUT2D eigenvalue weighted by molar-refractivity contribution is -0.143. The molecule has 0 saturated carbocycles. The van der Waals surface area contributed by atoms with E-state index in [1.54, 1.807) is 17.0 Å². The van der Waals surface area contributed by atoms with Gasteiger partial charge in [-0.15, -0.1) is 0 Å². The second kappa shape index (κ2) is 11.0. The van der Waals surface area contributed by atoms with Gasteiger partial charge in [-0.1, -0.05) is 12.1 Å². The Hall–Kier alpha value is -2.99. The first-order valence-electron chi connectivity index (χ1n) is 13.5. The highest BCUT2D eigenvalue weighted by Gasteiger charge is 2.50. The molecule has 3 saturated heterocycles. The summed E-state index contributed by atoms with van der Waals surface area (Å²) in [5, 5.41) is 0. The van der Waals surface area contributed by atoms with Crippen LogP contribution in [0.5, 0.6) is 0 Å². The third-order valence-corrected chi connectivity index (χ3v) is 8.42. The molecular weight excluding hydrogens is 557 g/mol. The highest BCUT2D eigenvalue weighted by molar-refractivity contribution is 5.80.